The van der Waals surface area contributed by atoms with Gasteiger partial charge in [-0.3, -0.25) is 4.79 Å². The number of nitrogens with zero attached hydrogens (tertiary/aromatic N) is 5. The molecule has 0 unspecified atom stereocenters. The van der Waals surface area contributed by atoms with Crippen LogP contribution in [-0.2, 0) is 0 Å². The molecule has 6 heteroatoms. The zero-order valence-electron chi connectivity index (χ0n) is 13.1. The van der Waals surface area contributed by atoms with Crippen LogP contribution in [-0.4, -0.2) is 63.9 Å². The predicted molar refractivity (Wildman–Crippen MR) is 84.1 cm³/mol. The van der Waals surface area contributed by atoms with Crippen molar-refractivity contribution in [3.63, 3.8) is 0 Å². The first-order valence-electron chi connectivity index (χ1n) is 7.61. The van der Waals surface area contributed by atoms with E-state index in [0.717, 1.165) is 38.3 Å². The summed E-state index contributed by atoms with van der Waals surface area (Å²) < 4.78 is 1.65. The van der Waals surface area contributed by atoms with Gasteiger partial charge in [0.1, 0.15) is 0 Å². The van der Waals surface area contributed by atoms with Crippen LogP contribution in [0.2, 0.25) is 0 Å². The van der Waals surface area contributed by atoms with Gasteiger partial charge in [-0.15, -0.1) is 5.10 Å². The van der Waals surface area contributed by atoms with Crippen molar-refractivity contribution in [2.75, 3.05) is 33.2 Å². The standard InChI is InChI=1S/C16H21N5O/c1-13-4-6-14(7-5-13)21-12-15(17-18-21)16(22)20-9-3-8-19(2)10-11-20/h4-7,12H,3,8-11H2,1-2H3. The largest absolute Gasteiger partial charge is 0.336 e. The molecule has 6 nitrogen and oxygen atoms in total. The van der Waals surface area contributed by atoms with Crippen LogP contribution in [0.5, 0.6) is 0 Å². The van der Waals surface area contributed by atoms with Gasteiger partial charge in [0.15, 0.2) is 5.69 Å². The Morgan fingerprint density at radius 2 is 1.86 bits per heavy atom. The third-order valence-electron chi connectivity index (χ3n) is 4.02. The van der Waals surface area contributed by atoms with E-state index in [2.05, 4.69) is 22.3 Å². The first-order chi connectivity index (χ1) is 10.6. The lowest BCUT2D eigenvalue weighted by atomic mass is 10.2. The van der Waals surface area contributed by atoms with E-state index in [1.54, 1.807) is 10.9 Å². The minimum absolute atomic E-state index is 0.0336. The number of carbonyl (C=O) groups excluding carboxylic acids is 1. The molecule has 0 bridgehead atoms. The summed E-state index contributed by atoms with van der Waals surface area (Å²) in [6, 6.07) is 7.98. The van der Waals surface area contributed by atoms with Crippen molar-refractivity contribution in [1.29, 1.82) is 0 Å². The number of aryl methyl sites for hydroxylation is 1. The van der Waals surface area contributed by atoms with E-state index in [4.69, 9.17) is 0 Å². The Kier molecular flexibility index (Phi) is 4.20. The lowest BCUT2D eigenvalue weighted by Gasteiger charge is -2.18. The number of rotatable bonds is 2. The number of hydrogen-bond donors (Lipinski definition) is 0. The fraction of sp³-hybridized carbons (Fsp3) is 0.438. The van der Waals surface area contributed by atoms with Crippen LogP contribution in [0, 0.1) is 6.92 Å². The Labute approximate surface area is 130 Å². The third kappa shape index (κ3) is 3.17. The Morgan fingerprint density at radius 3 is 2.64 bits per heavy atom. The van der Waals surface area contributed by atoms with Crippen LogP contribution in [0.25, 0.3) is 5.69 Å². The second-order valence-corrected chi connectivity index (χ2v) is 5.83. The smallest absolute Gasteiger partial charge is 0.276 e. The van der Waals surface area contributed by atoms with Crippen LogP contribution in [0.3, 0.4) is 0 Å². The zero-order valence-corrected chi connectivity index (χ0v) is 13.1. The summed E-state index contributed by atoms with van der Waals surface area (Å²) in [6.07, 6.45) is 2.70. The molecule has 0 atom stereocenters. The number of likely N-dealkylation sites (N-methyl/N-ethyl adjacent to an activating group) is 1. The van der Waals surface area contributed by atoms with Crippen molar-refractivity contribution in [3.05, 3.63) is 41.7 Å². The summed E-state index contributed by atoms with van der Waals surface area (Å²) in [5, 5.41) is 8.13. The quantitative estimate of drug-likeness (QED) is 0.840. The molecule has 2 aromatic rings. The summed E-state index contributed by atoms with van der Waals surface area (Å²) in [7, 11) is 2.08. The maximum absolute atomic E-state index is 12.5. The van der Waals surface area contributed by atoms with Gasteiger partial charge in [0.2, 0.25) is 0 Å². The summed E-state index contributed by atoms with van der Waals surface area (Å²) in [5.41, 5.74) is 2.51. The molecule has 3 rings (SSSR count). The predicted octanol–water partition coefficient (Wildman–Crippen LogP) is 1.35. The molecule has 1 aliphatic heterocycles. The highest BCUT2D eigenvalue weighted by atomic mass is 16.2. The van der Waals surface area contributed by atoms with Gasteiger partial charge in [-0.05, 0) is 39.1 Å². The number of amides is 1. The van der Waals surface area contributed by atoms with Gasteiger partial charge in [-0.1, -0.05) is 22.9 Å². The highest BCUT2D eigenvalue weighted by Crippen LogP contribution is 2.11. The van der Waals surface area contributed by atoms with E-state index in [0.29, 0.717) is 5.69 Å². The number of benzene rings is 1. The van der Waals surface area contributed by atoms with E-state index in [-0.39, 0.29) is 5.91 Å². The molecule has 0 aliphatic carbocycles. The molecular formula is C16H21N5O. The molecule has 116 valence electrons. The topological polar surface area (TPSA) is 54.3 Å². The van der Waals surface area contributed by atoms with Gasteiger partial charge >= 0.3 is 0 Å². The lowest BCUT2D eigenvalue weighted by Crippen LogP contribution is -2.34. The van der Waals surface area contributed by atoms with Crippen LogP contribution < -0.4 is 0 Å². The minimum Gasteiger partial charge on any atom is -0.336 e. The van der Waals surface area contributed by atoms with Crippen molar-refractivity contribution in [3.8, 4) is 5.69 Å². The Balaban J connectivity index is 1.75. The number of carbonyl (C=O) groups is 1. The molecule has 0 N–H and O–H groups in total. The first-order valence-corrected chi connectivity index (χ1v) is 7.61. The maximum atomic E-state index is 12.5. The molecule has 2 heterocycles. The Bertz CT molecular complexity index is 649. The average molecular weight is 299 g/mol. The van der Waals surface area contributed by atoms with Gasteiger partial charge in [0.25, 0.3) is 5.91 Å². The monoisotopic (exact) mass is 299 g/mol. The molecule has 0 saturated carbocycles. The first kappa shape index (κ1) is 14.7. The fourth-order valence-corrected chi connectivity index (χ4v) is 2.60. The van der Waals surface area contributed by atoms with Crippen LogP contribution >= 0.6 is 0 Å². The summed E-state index contributed by atoms with van der Waals surface area (Å²) in [5.74, 6) is -0.0336. The molecule has 1 aromatic heterocycles. The molecular weight excluding hydrogens is 278 g/mol. The average Bonchev–Trinajstić information content (AvgIpc) is 2.90. The second kappa shape index (κ2) is 6.27. The van der Waals surface area contributed by atoms with E-state index in [9.17, 15) is 4.79 Å². The lowest BCUT2D eigenvalue weighted by molar-refractivity contribution is 0.0757. The fourth-order valence-electron chi connectivity index (χ4n) is 2.60. The van der Waals surface area contributed by atoms with E-state index in [1.165, 1.54) is 5.56 Å². The van der Waals surface area contributed by atoms with Crippen molar-refractivity contribution < 1.29 is 4.79 Å². The van der Waals surface area contributed by atoms with Gasteiger partial charge in [-0.2, -0.15) is 0 Å². The van der Waals surface area contributed by atoms with Crippen LogP contribution in [0.15, 0.2) is 30.5 Å². The molecule has 1 saturated heterocycles. The molecule has 1 aliphatic rings. The van der Waals surface area contributed by atoms with E-state index < -0.39 is 0 Å². The van der Waals surface area contributed by atoms with Gasteiger partial charge in [-0.25, -0.2) is 4.68 Å². The van der Waals surface area contributed by atoms with Crippen molar-refractivity contribution in [2.24, 2.45) is 0 Å². The Morgan fingerprint density at radius 1 is 1.09 bits per heavy atom. The highest BCUT2D eigenvalue weighted by molar-refractivity contribution is 5.92. The molecule has 0 radical (unpaired) electrons. The minimum atomic E-state index is -0.0336. The third-order valence-corrected chi connectivity index (χ3v) is 4.02. The van der Waals surface area contributed by atoms with E-state index >= 15 is 0 Å². The number of hydrogen-bond acceptors (Lipinski definition) is 4. The Hall–Kier alpha value is -2.21. The molecule has 1 fully saturated rings. The van der Waals surface area contributed by atoms with E-state index in [1.807, 2.05) is 36.1 Å². The molecule has 1 aromatic carbocycles. The second-order valence-electron chi connectivity index (χ2n) is 5.83. The van der Waals surface area contributed by atoms with Crippen LogP contribution in [0.1, 0.15) is 22.5 Å². The summed E-state index contributed by atoms with van der Waals surface area (Å²) in [6.45, 7) is 5.49. The van der Waals surface area contributed by atoms with Gasteiger partial charge < -0.3 is 9.80 Å². The maximum Gasteiger partial charge on any atom is 0.276 e. The zero-order chi connectivity index (χ0) is 15.5. The molecule has 0 spiro atoms. The van der Waals surface area contributed by atoms with Crippen molar-refractivity contribution >= 4 is 5.91 Å². The summed E-state index contributed by atoms with van der Waals surface area (Å²) >= 11 is 0. The molecule has 22 heavy (non-hydrogen) atoms. The van der Waals surface area contributed by atoms with Crippen LogP contribution in [0.4, 0.5) is 0 Å². The highest BCUT2D eigenvalue weighted by Gasteiger charge is 2.21. The van der Waals surface area contributed by atoms with Gasteiger partial charge in [0, 0.05) is 19.6 Å². The SMILES string of the molecule is Cc1ccc(-n2cc(C(=O)N3CCCN(C)CC3)nn2)cc1. The van der Waals surface area contributed by atoms with Crippen molar-refractivity contribution in [1.82, 2.24) is 24.8 Å². The van der Waals surface area contributed by atoms with Gasteiger partial charge in [0.05, 0.1) is 11.9 Å². The van der Waals surface area contributed by atoms with Crippen molar-refractivity contribution in [2.45, 2.75) is 13.3 Å². The molecule has 1 amide bonds. The normalized spacial score (nSPS) is 16.5. The number of aromatic nitrogens is 3. The summed E-state index contributed by atoms with van der Waals surface area (Å²) in [4.78, 5) is 16.7.